The summed E-state index contributed by atoms with van der Waals surface area (Å²) < 4.78 is 24.0. The molecule has 1 aromatic rings. The first kappa shape index (κ1) is 14.9. The van der Waals surface area contributed by atoms with Crippen LogP contribution in [0.5, 0.6) is 0 Å². The summed E-state index contributed by atoms with van der Waals surface area (Å²) in [6.45, 7) is 3.84. The minimum atomic E-state index is -0.282. The molecule has 20 heavy (non-hydrogen) atoms. The van der Waals surface area contributed by atoms with Crippen LogP contribution in [0.15, 0.2) is 24.3 Å². The molecule has 0 amide bonds. The molecular formula is C15H20FNO3. The van der Waals surface area contributed by atoms with Crippen molar-refractivity contribution < 1.29 is 18.7 Å². The van der Waals surface area contributed by atoms with Crippen molar-refractivity contribution >= 4 is 5.97 Å². The van der Waals surface area contributed by atoms with E-state index in [0.29, 0.717) is 18.7 Å². The first-order valence-corrected chi connectivity index (χ1v) is 6.78. The van der Waals surface area contributed by atoms with Crippen LogP contribution < -0.4 is 0 Å². The first-order valence-electron chi connectivity index (χ1n) is 6.78. The fraction of sp³-hybridized carbons (Fsp3) is 0.533. The van der Waals surface area contributed by atoms with Gasteiger partial charge in [0.1, 0.15) is 5.82 Å². The normalized spacial score (nSPS) is 21.4. The van der Waals surface area contributed by atoms with Crippen LogP contribution in [-0.4, -0.2) is 43.8 Å². The lowest BCUT2D eigenvalue weighted by molar-refractivity contribution is -0.146. The van der Waals surface area contributed by atoms with Gasteiger partial charge in [-0.15, -0.1) is 0 Å². The second kappa shape index (κ2) is 6.81. The largest absolute Gasteiger partial charge is 0.469 e. The summed E-state index contributed by atoms with van der Waals surface area (Å²) in [7, 11) is 1.37. The molecule has 2 rings (SSSR count). The predicted octanol–water partition coefficient (Wildman–Crippen LogP) is 2.15. The quantitative estimate of drug-likeness (QED) is 0.793. The Hall–Kier alpha value is -1.46. The second-order valence-electron chi connectivity index (χ2n) is 4.97. The monoisotopic (exact) mass is 281 g/mol. The molecule has 1 fully saturated rings. The Morgan fingerprint density at radius 3 is 3.00 bits per heavy atom. The molecule has 1 aliphatic rings. The lowest BCUT2D eigenvalue weighted by Gasteiger charge is -2.36. The lowest BCUT2D eigenvalue weighted by atomic mass is 10.0. The number of hydrogen-bond donors (Lipinski definition) is 0. The molecule has 1 heterocycles. The van der Waals surface area contributed by atoms with Gasteiger partial charge in [0, 0.05) is 24.7 Å². The number of methoxy groups -OCH3 is 1. The maximum atomic E-state index is 13.8. The average molecular weight is 281 g/mol. The van der Waals surface area contributed by atoms with E-state index in [-0.39, 0.29) is 30.4 Å². The van der Waals surface area contributed by atoms with Crippen LogP contribution in [0.1, 0.15) is 24.9 Å². The van der Waals surface area contributed by atoms with Crippen molar-refractivity contribution in [3.63, 3.8) is 0 Å². The van der Waals surface area contributed by atoms with Crippen LogP contribution in [0.2, 0.25) is 0 Å². The van der Waals surface area contributed by atoms with Gasteiger partial charge in [-0.25, -0.2) is 4.39 Å². The Bertz CT molecular complexity index is 466. The number of ether oxygens (including phenoxy) is 2. The van der Waals surface area contributed by atoms with E-state index < -0.39 is 0 Å². The van der Waals surface area contributed by atoms with E-state index in [1.54, 1.807) is 12.1 Å². The number of morpholine rings is 1. The molecule has 0 spiro atoms. The predicted molar refractivity (Wildman–Crippen MR) is 72.8 cm³/mol. The maximum Gasteiger partial charge on any atom is 0.308 e. The zero-order valence-electron chi connectivity index (χ0n) is 11.8. The standard InChI is InChI=1S/C15H20FNO3/c1-11(13-5-3-4-6-14(13)16)17-7-8-20-12(10-17)9-15(18)19-2/h3-6,11-12H,7-10H2,1-2H3/t11-,12+/m1/s1. The van der Waals surface area contributed by atoms with E-state index in [1.807, 2.05) is 13.0 Å². The molecule has 0 saturated carbocycles. The zero-order chi connectivity index (χ0) is 14.5. The van der Waals surface area contributed by atoms with E-state index in [0.717, 1.165) is 6.54 Å². The smallest absolute Gasteiger partial charge is 0.308 e. The molecule has 1 aromatic carbocycles. The molecule has 2 atom stereocenters. The third-order valence-corrected chi connectivity index (χ3v) is 3.70. The van der Waals surface area contributed by atoms with Gasteiger partial charge < -0.3 is 9.47 Å². The van der Waals surface area contributed by atoms with Gasteiger partial charge >= 0.3 is 5.97 Å². The van der Waals surface area contributed by atoms with Gasteiger partial charge in [0.2, 0.25) is 0 Å². The Morgan fingerprint density at radius 1 is 1.55 bits per heavy atom. The molecular weight excluding hydrogens is 261 g/mol. The highest BCUT2D eigenvalue weighted by Crippen LogP contribution is 2.25. The number of hydrogen-bond acceptors (Lipinski definition) is 4. The molecule has 0 N–H and O–H groups in total. The molecule has 0 bridgehead atoms. The van der Waals surface area contributed by atoms with Gasteiger partial charge in [0.15, 0.2) is 0 Å². The van der Waals surface area contributed by atoms with Crippen molar-refractivity contribution in [2.24, 2.45) is 0 Å². The average Bonchev–Trinajstić information content (AvgIpc) is 2.47. The van der Waals surface area contributed by atoms with E-state index in [2.05, 4.69) is 9.64 Å². The summed E-state index contributed by atoms with van der Waals surface area (Å²) in [5.74, 6) is -0.480. The minimum Gasteiger partial charge on any atom is -0.469 e. The van der Waals surface area contributed by atoms with Crippen LogP contribution in [0.3, 0.4) is 0 Å². The van der Waals surface area contributed by atoms with Crippen LogP contribution in [0.4, 0.5) is 4.39 Å². The van der Waals surface area contributed by atoms with Crippen LogP contribution in [0.25, 0.3) is 0 Å². The van der Waals surface area contributed by atoms with Crippen molar-refractivity contribution in [3.8, 4) is 0 Å². The Balaban J connectivity index is 2.01. The molecule has 0 aliphatic carbocycles. The number of carbonyl (C=O) groups excluding carboxylic acids is 1. The highest BCUT2D eigenvalue weighted by molar-refractivity contribution is 5.69. The number of esters is 1. The summed E-state index contributed by atoms with van der Waals surface area (Å²) >= 11 is 0. The maximum absolute atomic E-state index is 13.8. The van der Waals surface area contributed by atoms with Crippen molar-refractivity contribution in [2.45, 2.75) is 25.5 Å². The SMILES string of the molecule is COC(=O)C[C@H]1CN([C@H](C)c2ccccc2F)CCO1. The van der Waals surface area contributed by atoms with Gasteiger partial charge in [-0.3, -0.25) is 9.69 Å². The summed E-state index contributed by atoms with van der Waals surface area (Å²) in [5.41, 5.74) is 0.672. The summed E-state index contributed by atoms with van der Waals surface area (Å²) in [6.07, 6.45) is 0.0437. The van der Waals surface area contributed by atoms with E-state index in [9.17, 15) is 9.18 Å². The molecule has 0 aromatic heterocycles. The van der Waals surface area contributed by atoms with Crippen molar-refractivity contribution in [1.29, 1.82) is 0 Å². The second-order valence-corrected chi connectivity index (χ2v) is 4.97. The number of halogens is 1. The van der Waals surface area contributed by atoms with Crippen LogP contribution in [0, 0.1) is 5.82 Å². The third kappa shape index (κ3) is 3.55. The third-order valence-electron chi connectivity index (χ3n) is 3.70. The number of carbonyl (C=O) groups is 1. The number of rotatable bonds is 4. The summed E-state index contributed by atoms with van der Waals surface area (Å²) in [4.78, 5) is 13.4. The van der Waals surface area contributed by atoms with Crippen LogP contribution in [-0.2, 0) is 14.3 Å². The number of benzene rings is 1. The van der Waals surface area contributed by atoms with E-state index in [4.69, 9.17) is 4.74 Å². The Labute approximate surface area is 118 Å². The van der Waals surface area contributed by atoms with Gasteiger partial charge in [0.05, 0.1) is 26.2 Å². The molecule has 110 valence electrons. The van der Waals surface area contributed by atoms with Crippen LogP contribution >= 0.6 is 0 Å². The Kier molecular flexibility index (Phi) is 5.09. The highest BCUT2D eigenvalue weighted by atomic mass is 19.1. The zero-order valence-corrected chi connectivity index (χ0v) is 11.8. The first-order chi connectivity index (χ1) is 9.61. The Morgan fingerprint density at radius 2 is 2.30 bits per heavy atom. The molecule has 5 heteroatoms. The topological polar surface area (TPSA) is 38.8 Å². The van der Waals surface area contributed by atoms with Gasteiger partial charge in [-0.1, -0.05) is 18.2 Å². The highest BCUT2D eigenvalue weighted by Gasteiger charge is 2.27. The molecule has 1 saturated heterocycles. The van der Waals surface area contributed by atoms with E-state index >= 15 is 0 Å². The molecule has 0 unspecified atom stereocenters. The lowest BCUT2D eigenvalue weighted by Crippen LogP contribution is -2.44. The molecule has 1 aliphatic heterocycles. The molecule has 0 radical (unpaired) electrons. The van der Waals surface area contributed by atoms with Gasteiger partial charge in [0.25, 0.3) is 0 Å². The molecule has 4 nitrogen and oxygen atoms in total. The van der Waals surface area contributed by atoms with Gasteiger partial charge in [-0.2, -0.15) is 0 Å². The summed E-state index contributed by atoms with van der Waals surface area (Å²) in [6, 6.07) is 6.75. The van der Waals surface area contributed by atoms with E-state index in [1.165, 1.54) is 13.2 Å². The number of nitrogens with zero attached hydrogens (tertiary/aromatic N) is 1. The van der Waals surface area contributed by atoms with Crippen molar-refractivity contribution in [1.82, 2.24) is 4.90 Å². The fourth-order valence-corrected chi connectivity index (χ4v) is 2.50. The summed E-state index contributed by atoms with van der Waals surface area (Å²) in [5, 5.41) is 0. The van der Waals surface area contributed by atoms with Crippen molar-refractivity contribution in [2.75, 3.05) is 26.8 Å². The van der Waals surface area contributed by atoms with Crippen molar-refractivity contribution in [3.05, 3.63) is 35.6 Å². The fourth-order valence-electron chi connectivity index (χ4n) is 2.50. The minimum absolute atomic E-state index is 0.0414. The van der Waals surface area contributed by atoms with Gasteiger partial charge in [-0.05, 0) is 13.0 Å².